The molecule has 0 saturated carbocycles. The van der Waals surface area contributed by atoms with Crippen molar-refractivity contribution in [3.8, 4) is 11.5 Å². The number of nitrogen functional groups attached to an aromatic ring is 1. The Morgan fingerprint density at radius 3 is 2.53 bits per heavy atom. The maximum atomic E-state index is 13.0. The van der Waals surface area contributed by atoms with Gasteiger partial charge in [0.05, 0.1) is 18.1 Å². The second-order valence-electron chi connectivity index (χ2n) is 8.07. The van der Waals surface area contributed by atoms with Crippen molar-refractivity contribution in [1.82, 2.24) is 29.3 Å². The monoisotopic (exact) mass is 468 g/mol. The van der Waals surface area contributed by atoms with Crippen molar-refractivity contribution in [2.75, 3.05) is 64.5 Å². The molecule has 1 amide bonds. The number of hydrogen-bond donors (Lipinski definition) is 2. The van der Waals surface area contributed by atoms with E-state index >= 15 is 0 Å². The number of anilines is 2. The fourth-order valence-electron chi connectivity index (χ4n) is 3.70. The molecule has 4 rings (SSSR count). The van der Waals surface area contributed by atoms with Crippen LogP contribution in [0.25, 0.3) is 10.9 Å². The predicted octanol–water partition coefficient (Wildman–Crippen LogP) is 0.193. The minimum absolute atomic E-state index is 0.0483. The highest BCUT2D eigenvalue weighted by molar-refractivity contribution is 6.03. The van der Waals surface area contributed by atoms with E-state index in [1.54, 1.807) is 12.1 Å². The Morgan fingerprint density at radius 1 is 1.15 bits per heavy atom. The number of rotatable bonds is 7. The van der Waals surface area contributed by atoms with Crippen molar-refractivity contribution in [2.24, 2.45) is 7.05 Å². The lowest BCUT2D eigenvalue weighted by atomic mass is 10.2. The average molecular weight is 469 g/mol. The van der Waals surface area contributed by atoms with E-state index in [2.05, 4.69) is 37.1 Å². The number of nitrogens with zero attached hydrogens (tertiary/aromatic N) is 6. The number of aromatic nitrogens is 4. The van der Waals surface area contributed by atoms with E-state index in [1.807, 2.05) is 0 Å². The van der Waals surface area contributed by atoms with Crippen molar-refractivity contribution in [3.05, 3.63) is 40.4 Å². The molecule has 0 unspecified atom stereocenters. The fourth-order valence-corrected chi connectivity index (χ4v) is 3.70. The topological polar surface area (TPSA) is 141 Å². The molecule has 0 atom stereocenters. The molecule has 0 aliphatic carbocycles. The maximum absolute atomic E-state index is 13.0. The third-order valence-electron chi connectivity index (χ3n) is 5.79. The van der Waals surface area contributed by atoms with Gasteiger partial charge in [-0.15, -0.1) is 0 Å². The van der Waals surface area contributed by atoms with Crippen molar-refractivity contribution >= 4 is 28.7 Å². The summed E-state index contributed by atoms with van der Waals surface area (Å²) in [6.45, 7) is 5.30. The first-order valence-electron chi connectivity index (χ1n) is 10.9. The molecular formula is C22H28N8O4. The number of piperazine rings is 1. The molecule has 1 saturated heterocycles. The van der Waals surface area contributed by atoms with E-state index in [0.29, 0.717) is 29.0 Å². The van der Waals surface area contributed by atoms with Gasteiger partial charge in [-0.2, -0.15) is 0 Å². The molecule has 34 heavy (non-hydrogen) atoms. The number of nitrogens with one attached hydrogen (secondary N) is 1. The Bertz CT molecular complexity index is 1240. The number of carbonyl (C=O) groups excluding carboxylic acids is 1. The number of carbonyl (C=O) groups is 1. The van der Waals surface area contributed by atoms with E-state index in [-0.39, 0.29) is 23.0 Å². The number of ether oxygens (including phenoxy) is 2. The third kappa shape index (κ3) is 4.92. The maximum Gasteiger partial charge on any atom is 0.262 e. The van der Waals surface area contributed by atoms with Gasteiger partial charge in [-0.1, -0.05) is 0 Å². The van der Waals surface area contributed by atoms with Gasteiger partial charge in [0, 0.05) is 52.2 Å². The Labute approximate surface area is 196 Å². The molecule has 0 radical (unpaired) electrons. The Morgan fingerprint density at radius 2 is 1.85 bits per heavy atom. The van der Waals surface area contributed by atoms with Gasteiger partial charge in [-0.05, 0) is 19.2 Å². The second kappa shape index (κ2) is 10.0. The first-order valence-corrected chi connectivity index (χ1v) is 10.9. The van der Waals surface area contributed by atoms with Crippen LogP contribution in [-0.2, 0) is 7.05 Å². The summed E-state index contributed by atoms with van der Waals surface area (Å²) in [5.74, 6) is 0.388. The molecule has 1 aliphatic rings. The summed E-state index contributed by atoms with van der Waals surface area (Å²) in [6, 6.07) is 3.36. The molecule has 180 valence electrons. The van der Waals surface area contributed by atoms with E-state index in [1.165, 1.54) is 31.1 Å². The molecule has 0 spiro atoms. The molecule has 1 aliphatic heterocycles. The highest BCUT2D eigenvalue weighted by Gasteiger charge is 2.19. The molecule has 12 nitrogen and oxygen atoms in total. The van der Waals surface area contributed by atoms with Crippen molar-refractivity contribution < 1.29 is 14.3 Å². The molecular weight excluding hydrogens is 440 g/mol. The summed E-state index contributed by atoms with van der Waals surface area (Å²) in [6.07, 6.45) is 2.59. The number of nitrogens with two attached hydrogens (primary N) is 1. The number of likely N-dealkylation sites (N-methyl/N-ethyl adjacent to an activating group) is 1. The summed E-state index contributed by atoms with van der Waals surface area (Å²) in [5, 5.41) is 2.97. The lowest BCUT2D eigenvalue weighted by molar-refractivity contribution is 0.102. The van der Waals surface area contributed by atoms with Gasteiger partial charge < -0.3 is 20.1 Å². The van der Waals surface area contributed by atoms with E-state index < -0.39 is 5.91 Å². The number of methoxy groups -OCH3 is 1. The summed E-state index contributed by atoms with van der Waals surface area (Å²) in [5.41, 5.74) is 5.61. The number of benzene rings is 1. The fraction of sp³-hybridized carbons (Fsp3) is 0.409. The molecule has 1 aromatic carbocycles. The Kier molecular flexibility index (Phi) is 6.89. The van der Waals surface area contributed by atoms with E-state index in [0.717, 1.165) is 32.7 Å². The Hall–Kier alpha value is -3.77. The largest absolute Gasteiger partial charge is 0.491 e. The predicted molar refractivity (Wildman–Crippen MR) is 127 cm³/mol. The number of amides is 1. The van der Waals surface area contributed by atoms with Crippen LogP contribution >= 0.6 is 0 Å². The highest BCUT2D eigenvalue weighted by Crippen LogP contribution is 2.33. The SMILES string of the molecule is COc1c(OCCN2CCN(C)CC2)ccc2c(=O)n(C)c(NC(=O)c3cnc(N)nc3)nc12. The lowest BCUT2D eigenvalue weighted by Gasteiger charge is -2.32. The molecule has 3 heterocycles. The summed E-state index contributed by atoms with van der Waals surface area (Å²) in [4.78, 5) is 42.3. The normalized spacial score (nSPS) is 14.8. The second-order valence-corrected chi connectivity index (χ2v) is 8.07. The van der Waals surface area contributed by atoms with Crippen LogP contribution in [0.4, 0.5) is 11.9 Å². The van der Waals surface area contributed by atoms with Gasteiger partial charge in [0.2, 0.25) is 11.9 Å². The van der Waals surface area contributed by atoms with Crippen LogP contribution in [0.2, 0.25) is 0 Å². The van der Waals surface area contributed by atoms with Gasteiger partial charge in [-0.3, -0.25) is 24.4 Å². The van der Waals surface area contributed by atoms with Gasteiger partial charge in [-0.25, -0.2) is 15.0 Å². The van der Waals surface area contributed by atoms with Gasteiger partial charge in [0.15, 0.2) is 11.5 Å². The molecule has 2 aromatic heterocycles. The van der Waals surface area contributed by atoms with Gasteiger partial charge >= 0.3 is 0 Å². The van der Waals surface area contributed by atoms with Crippen LogP contribution in [0, 0.1) is 0 Å². The zero-order valence-corrected chi connectivity index (χ0v) is 19.4. The third-order valence-corrected chi connectivity index (χ3v) is 5.79. The van der Waals surface area contributed by atoms with Crippen molar-refractivity contribution in [2.45, 2.75) is 0 Å². The first-order chi connectivity index (χ1) is 16.4. The van der Waals surface area contributed by atoms with Crippen molar-refractivity contribution in [1.29, 1.82) is 0 Å². The highest BCUT2D eigenvalue weighted by atomic mass is 16.5. The summed E-state index contributed by atoms with van der Waals surface area (Å²) >= 11 is 0. The summed E-state index contributed by atoms with van der Waals surface area (Å²) < 4.78 is 12.8. The molecule has 1 fully saturated rings. The number of hydrogen-bond acceptors (Lipinski definition) is 10. The van der Waals surface area contributed by atoms with Crippen LogP contribution in [-0.4, -0.2) is 88.7 Å². The van der Waals surface area contributed by atoms with Gasteiger partial charge in [0.1, 0.15) is 12.1 Å². The standard InChI is InChI=1S/C22H28N8O4/c1-28-6-8-30(9-7-28)10-11-34-16-5-4-15-17(18(16)33-3)26-22(29(2)20(15)32)27-19(31)14-12-24-21(23)25-13-14/h4-5,12-13H,6-11H2,1-3H3,(H2,23,24,25)(H,26,27,31). The molecule has 3 N–H and O–H groups in total. The van der Waals surface area contributed by atoms with E-state index in [9.17, 15) is 9.59 Å². The van der Waals surface area contributed by atoms with Crippen LogP contribution in [0.1, 0.15) is 10.4 Å². The zero-order chi connectivity index (χ0) is 24.2. The molecule has 0 bridgehead atoms. The minimum atomic E-state index is -0.527. The molecule has 3 aromatic rings. The minimum Gasteiger partial charge on any atom is -0.491 e. The Balaban J connectivity index is 1.57. The van der Waals surface area contributed by atoms with Crippen LogP contribution in [0.5, 0.6) is 11.5 Å². The van der Waals surface area contributed by atoms with E-state index in [4.69, 9.17) is 15.2 Å². The lowest BCUT2D eigenvalue weighted by Crippen LogP contribution is -2.45. The number of fused-ring (bicyclic) bond motifs is 1. The van der Waals surface area contributed by atoms with Crippen LogP contribution in [0.3, 0.4) is 0 Å². The van der Waals surface area contributed by atoms with Crippen LogP contribution < -0.4 is 26.1 Å². The quantitative estimate of drug-likeness (QED) is 0.494. The first kappa shape index (κ1) is 23.4. The van der Waals surface area contributed by atoms with Gasteiger partial charge in [0.25, 0.3) is 11.5 Å². The zero-order valence-electron chi connectivity index (χ0n) is 19.4. The average Bonchev–Trinajstić information content (AvgIpc) is 2.83. The summed E-state index contributed by atoms with van der Waals surface area (Å²) in [7, 11) is 5.13. The smallest absolute Gasteiger partial charge is 0.262 e. The van der Waals surface area contributed by atoms with Crippen molar-refractivity contribution in [3.63, 3.8) is 0 Å². The van der Waals surface area contributed by atoms with Crippen LogP contribution in [0.15, 0.2) is 29.3 Å². The molecule has 12 heteroatoms.